The van der Waals surface area contributed by atoms with Crippen molar-refractivity contribution in [2.45, 2.75) is 38.8 Å². The van der Waals surface area contributed by atoms with Crippen LogP contribution in [0.25, 0.3) is 0 Å². The zero-order valence-electron chi connectivity index (χ0n) is 10.1. The molecule has 0 aliphatic carbocycles. The van der Waals surface area contributed by atoms with E-state index in [2.05, 4.69) is 5.38 Å². The van der Waals surface area contributed by atoms with E-state index in [1.54, 1.807) is 11.3 Å². The summed E-state index contributed by atoms with van der Waals surface area (Å²) in [5, 5.41) is 13.5. The Kier molecular flexibility index (Phi) is 4.50. The van der Waals surface area contributed by atoms with Crippen molar-refractivity contribution in [3.63, 3.8) is 0 Å². The molecule has 0 unspecified atom stereocenters. The number of carboxylic acid groups (broad SMARTS) is 1. The fourth-order valence-corrected chi connectivity index (χ4v) is 2.72. The fraction of sp³-hybridized carbons (Fsp3) is 0.583. The molecule has 0 aromatic carbocycles. The molecule has 0 fully saturated rings. The van der Waals surface area contributed by atoms with Crippen LogP contribution in [0.1, 0.15) is 32.3 Å². The molecule has 0 saturated heterocycles. The Morgan fingerprint density at radius 3 is 2.50 bits per heavy atom. The van der Waals surface area contributed by atoms with E-state index in [1.165, 1.54) is 5.56 Å². The molecule has 90 valence electrons. The molecule has 16 heavy (non-hydrogen) atoms. The third kappa shape index (κ3) is 2.44. The summed E-state index contributed by atoms with van der Waals surface area (Å²) in [6.45, 7) is 4.56. The predicted molar refractivity (Wildman–Crippen MR) is 66.7 cm³/mol. The number of aliphatic carboxylic acids is 1. The zero-order valence-corrected chi connectivity index (χ0v) is 10.9. The van der Waals surface area contributed by atoms with Crippen LogP contribution in [0.3, 0.4) is 0 Å². The lowest BCUT2D eigenvalue weighted by atomic mass is 9.91. The first kappa shape index (κ1) is 13.2. The minimum atomic E-state index is -0.734. The van der Waals surface area contributed by atoms with E-state index in [0.29, 0.717) is 19.4 Å². The molecule has 3 nitrogen and oxygen atoms in total. The largest absolute Gasteiger partial charge is 0.480 e. The Morgan fingerprint density at radius 1 is 1.50 bits per heavy atom. The first-order valence-corrected chi connectivity index (χ1v) is 6.46. The lowest BCUT2D eigenvalue weighted by molar-refractivity contribution is -0.151. The van der Waals surface area contributed by atoms with E-state index in [9.17, 15) is 9.90 Å². The van der Waals surface area contributed by atoms with Crippen molar-refractivity contribution >= 4 is 17.3 Å². The van der Waals surface area contributed by atoms with Gasteiger partial charge in [0.15, 0.2) is 0 Å². The van der Waals surface area contributed by atoms with E-state index < -0.39 is 11.5 Å². The minimum absolute atomic E-state index is 0.624. The molecule has 0 aliphatic heterocycles. The second kappa shape index (κ2) is 5.46. The molecule has 1 rings (SSSR count). The highest BCUT2D eigenvalue weighted by Gasteiger charge is 2.38. The molecule has 1 aromatic rings. The van der Waals surface area contributed by atoms with Gasteiger partial charge in [0.25, 0.3) is 0 Å². The van der Waals surface area contributed by atoms with Gasteiger partial charge in [-0.3, -0.25) is 9.69 Å². The molecular weight excluding hydrogens is 222 g/mol. The molecule has 0 spiro atoms. The summed E-state index contributed by atoms with van der Waals surface area (Å²) >= 11 is 1.64. The molecule has 0 aliphatic rings. The Morgan fingerprint density at radius 2 is 2.12 bits per heavy atom. The highest BCUT2D eigenvalue weighted by molar-refractivity contribution is 7.07. The molecule has 1 N–H and O–H groups in total. The van der Waals surface area contributed by atoms with E-state index in [0.717, 1.165) is 0 Å². The van der Waals surface area contributed by atoms with Crippen LogP contribution in [0.2, 0.25) is 0 Å². The number of carbonyl (C=O) groups is 1. The summed E-state index contributed by atoms with van der Waals surface area (Å²) in [6.07, 6.45) is 1.25. The number of hydrogen-bond donors (Lipinski definition) is 1. The van der Waals surface area contributed by atoms with Gasteiger partial charge in [-0.1, -0.05) is 13.8 Å². The van der Waals surface area contributed by atoms with Crippen LogP contribution in [0.4, 0.5) is 0 Å². The van der Waals surface area contributed by atoms with Gasteiger partial charge in [0.1, 0.15) is 5.54 Å². The zero-order chi connectivity index (χ0) is 12.2. The third-order valence-electron chi connectivity index (χ3n) is 3.30. The predicted octanol–water partition coefficient (Wildman–Crippen LogP) is 2.82. The van der Waals surface area contributed by atoms with Crippen LogP contribution in [-0.2, 0) is 11.3 Å². The molecule has 0 atom stereocenters. The van der Waals surface area contributed by atoms with Gasteiger partial charge in [-0.2, -0.15) is 11.3 Å². The van der Waals surface area contributed by atoms with Gasteiger partial charge in [-0.05, 0) is 42.3 Å². The molecule has 4 heteroatoms. The lowest BCUT2D eigenvalue weighted by Gasteiger charge is -2.36. The first-order valence-electron chi connectivity index (χ1n) is 5.52. The monoisotopic (exact) mass is 241 g/mol. The van der Waals surface area contributed by atoms with E-state index in [4.69, 9.17) is 0 Å². The van der Waals surface area contributed by atoms with Crippen LogP contribution in [-0.4, -0.2) is 28.6 Å². The van der Waals surface area contributed by atoms with Crippen LogP contribution in [0.15, 0.2) is 16.8 Å². The van der Waals surface area contributed by atoms with Gasteiger partial charge < -0.3 is 5.11 Å². The number of hydrogen-bond acceptors (Lipinski definition) is 3. The van der Waals surface area contributed by atoms with Crippen molar-refractivity contribution in [3.05, 3.63) is 22.4 Å². The Balaban J connectivity index is 2.83. The van der Waals surface area contributed by atoms with Gasteiger partial charge in [0, 0.05) is 6.54 Å². The molecule has 0 radical (unpaired) electrons. The highest BCUT2D eigenvalue weighted by Crippen LogP contribution is 2.25. The van der Waals surface area contributed by atoms with Crippen molar-refractivity contribution in [2.24, 2.45) is 0 Å². The van der Waals surface area contributed by atoms with Gasteiger partial charge >= 0.3 is 5.97 Å². The topological polar surface area (TPSA) is 40.5 Å². The van der Waals surface area contributed by atoms with Gasteiger partial charge in [0.2, 0.25) is 0 Å². The minimum Gasteiger partial charge on any atom is -0.480 e. The number of thiophene rings is 1. The van der Waals surface area contributed by atoms with Crippen LogP contribution in [0, 0.1) is 0 Å². The Labute approximate surface area is 101 Å². The van der Waals surface area contributed by atoms with Crippen LogP contribution < -0.4 is 0 Å². The molecule has 1 heterocycles. The maximum absolute atomic E-state index is 11.4. The standard InChI is InChI=1S/C12H19NO2S/c1-4-12(5-2,11(14)15)13(3)8-10-6-7-16-9-10/h6-7,9H,4-5,8H2,1-3H3,(H,14,15). The van der Waals surface area contributed by atoms with Gasteiger partial charge in [-0.25, -0.2) is 0 Å². The molecular formula is C12H19NO2S. The SMILES string of the molecule is CCC(CC)(C(=O)O)N(C)Cc1ccsc1. The van der Waals surface area contributed by atoms with E-state index in [1.807, 2.05) is 37.2 Å². The summed E-state index contributed by atoms with van der Waals surface area (Å²) in [5.41, 5.74) is 0.446. The molecule has 0 amide bonds. The van der Waals surface area contributed by atoms with Crippen LogP contribution in [0.5, 0.6) is 0 Å². The highest BCUT2D eigenvalue weighted by atomic mass is 32.1. The summed E-state index contributed by atoms with van der Waals surface area (Å²) in [7, 11) is 1.89. The third-order valence-corrected chi connectivity index (χ3v) is 4.03. The average molecular weight is 241 g/mol. The lowest BCUT2D eigenvalue weighted by Crippen LogP contribution is -2.51. The van der Waals surface area contributed by atoms with Crippen molar-refractivity contribution in [3.8, 4) is 0 Å². The summed E-state index contributed by atoms with van der Waals surface area (Å²) in [4.78, 5) is 13.4. The summed E-state index contributed by atoms with van der Waals surface area (Å²) in [5.74, 6) is -0.727. The summed E-state index contributed by atoms with van der Waals surface area (Å²) < 4.78 is 0. The molecule has 0 saturated carbocycles. The van der Waals surface area contributed by atoms with E-state index >= 15 is 0 Å². The maximum atomic E-state index is 11.4. The fourth-order valence-electron chi connectivity index (χ4n) is 2.06. The smallest absolute Gasteiger partial charge is 0.324 e. The Hall–Kier alpha value is -0.870. The van der Waals surface area contributed by atoms with E-state index in [-0.39, 0.29) is 0 Å². The second-order valence-corrected chi connectivity index (χ2v) is 4.81. The second-order valence-electron chi connectivity index (χ2n) is 4.03. The van der Waals surface area contributed by atoms with Crippen molar-refractivity contribution in [1.29, 1.82) is 0 Å². The quantitative estimate of drug-likeness (QED) is 0.832. The van der Waals surface area contributed by atoms with Gasteiger partial charge in [-0.15, -0.1) is 0 Å². The first-order chi connectivity index (χ1) is 7.56. The summed E-state index contributed by atoms with van der Waals surface area (Å²) in [6, 6.07) is 2.04. The Bertz CT molecular complexity index is 331. The van der Waals surface area contributed by atoms with Crippen molar-refractivity contribution in [2.75, 3.05) is 7.05 Å². The number of nitrogens with zero attached hydrogens (tertiary/aromatic N) is 1. The number of carboxylic acids is 1. The van der Waals surface area contributed by atoms with Gasteiger partial charge in [0.05, 0.1) is 0 Å². The normalized spacial score (nSPS) is 12.0. The number of rotatable bonds is 6. The van der Waals surface area contributed by atoms with Crippen molar-refractivity contribution < 1.29 is 9.90 Å². The molecule has 0 bridgehead atoms. The number of likely N-dealkylation sites (N-methyl/N-ethyl adjacent to an activating group) is 1. The van der Waals surface area contributed by atoms with Crippen LogP contribution >= 0.6 is 11.3 Å². The molecule has 1 aromatic heterocycles. The van der Waals surface area contributed by atoms with Crippen molar-refractivity contribution in [1.82, 2.24) is 4.90 Å². The average Bonchev–Trinajstić information content (AvgIpc) is 2.72. The maximum Gasteiger partial charge on any atom is 0.324 e.